The van der Waals surface area contributed by atoms with Crippen LogP contribution in [0.2, 0.25) is 0 Å². The van der Waals surface area contributed by atoms with Gasteiger partial charge in [-0.3, -0.25) is 0 Å². The van der Waals surface area contributed by atoms with Crippen molar-refractivity contribution in [2.75, 3.05) is 0 Å². The smallest absolute Gasteiger partial charge is 0.335 e. The van der Waals surface area contributed by atoms with Crippen molar-refractivity contribution in [3.63, 3.8) is 0 Å². The summed E-state index contributed by atoms with van der Waals surface area (Å²) in [6.45, 7) is 6.23. The van der Waals surface area contributed by atoms with E-state index in [0.717, 1.165) is 17.9 Å². The minimum absolute atomic E-state index is 0.0111. The number of benzene rings is 1. The Morgan fingerprint density at radius 2 is 1.86 bits per heavy atom. The average molecular weight is 304 g/mol. The number of allylic oxidation sites excluding steroid dienone is 2. The van der Waals surface area contributed by atoms with E-state index in [1.165, 1.54) is 31.4 Å². The van der Waals surface area contributed by atoms with Crippen LogP contribution in [-0.4, -0.2) is 22.2 Å². The number of rotatable bonds is 3. The first-order valence-corrected chi connectivity index (χ1v) is 7.56. The lowest BCUT2D eigenvalue weighted by Crippen LogP contribution is -2.07. The van der Waals surface area contributed by atoms with Gasteiger partial charge in [0.05, 0.1) is 11.1 Å². The van der Waals surface area contributed by atoms with Crippen molar-refractivity contribution in [3.05, 3.63) is 47.0 Å². The lowest BCUT2D eigenvalue weighted by Gasteiger charge is -2.19. The number of carboxylic acid groups (broad SMARTS) is 2. The first-order valence-electron chi connectivity index (χ1n) is 7.56. The number of hydrogen-bond acceptors (Lipinski definition) is 2. The highest BCUT2D eigenvalue weighted by Gasteiger charge is 2.11. The highest BCUT2D eigenvalue weighted by Crippen LogP contribution is 2.23. The predicted molar refractivity (Wildman–Crippen MR) is 86.4 cm³/mol. The zero-order valence-electron chi connectivity index (χ0n) is 13.4. The summed E-state index contributed by atoms with van der Waals surface area (Å²) < 4.78 is 0. The Bertz CT molecular complexity index is 558. The van der Waals surface area contributed by atoms with Crippen LogP contribution in [0.1, 0.15) is 59.4 Å². The van der Waals surface area contributed by atoms with Gasteiger partial charge in [0.1, 0.15) is 0 Å². The van der Waals surface area contributed by atoms with E-state index in [1.807, 2.05) is 0 Å². The molecule has 0 spiro atoms. The molecule has 1 atom stereocenters. The minimum atomic E-state index is -1.12. The molecule has 1 aliphatic carbocycles. The molecule has 2 N–H and O–H groups in total. The van der Waals surface area contributed by atoms with Crippen LogP contribution in [0, 0.1) is 18.8 Å². The summed E-state index contributed by atoms with van der Waals surface area (Å²) in [7, 11) is 0. The molecule has 1 aromatic rings. The molecule has 0 amide bonds. The van der Waals surface area contributed by atoms with Crippen molar-refractivity contribution in [1.29, 1.82) is 0 Å². The van der Waals surface area contributed by atoms with E-state index in [1.54, 1.807) is 6.92 Å². The highest BCUT2D eigenvalue weighted by atomic mass is 16.4. The van der Waals surface area contributed by atoms with Crippen LogP contribution in [0.5, 0.6) is 0 Å². The van der Waals surface area contributed by atoms with Crippen LogP contribution in [-0.2, 0) is 0 Å². The molecule has 0 bridgehead atoms. The largest absolute Gasteiger partial charge is 0.478 e. The van der Waals surface area contributed by atoms with Crippen molar-refractivity contribution in [1.82, 2.24) is 0 Å². The van der Waals surface area contributed by atoms with Crippen molar-refractivity contribution >= 4 is 11.9 Å². The van der Waals surface area contributed by atoms with E-state index >= 15 is 0 Å². The molecule has 0 aromatic heterocycles. The van der Waals surface area contributed by atoms with E-state index in [0.29, 0.717) is 5.56 Å². The second-order valence-corrected chi connectivity index (χ2v) is 5.91. The third kappa shape index (κ3) is 5.35. The molecule has 4 heteroatoms. The van der Waals surface area contributed by atoms with Crippen LogP contribution >= 0.6 is 0 Å². The maximum Gasteiger partial charge on any atom is 0.335 e. The molecule has 1 unspecified atom stereocenters. The second-order valence-electron chi connectivity index (χ2n) is 5.91. The fourth-order valence-electron chi connectivity index (χ4n) is 2.38. The van der Waals surface area contributed by atoms with Crippen molar-refractivity contribution in [3.8, 4) is 0 Å². The van der Waals surface area contributed by atoms with E-state index < -0.39 is 11.9 Å². The van der Waals surface area contributed by atoms with Gasteiger partial charge in [-0.05, 0) is 55.7 Å². The maximum atomic E-state index is 10.6. The van der Waals surface area contributed by atoms with Crippen molar-refractivity contribution in [2.45, 2.75) is 40.0 Å². The highest BCUT2D eigenvalue weighted by molar-refractivity contribution is 5.94. The zero-order valence-corrected chi connectivity index (χ0v) is 13.4. The summed E-state index contributed by atoms with van der Waals surface area (Å²) in [5.41, 5.74) is 0.570. The molecule has 0 fully saturated rings. The van der Waals surface area contributed by atoms with Crippen LogP contribution in [0.3, 0.4) is 0 Å². The van der Waals surface area contributed by atoms with Gasteiger partial charge in [-0.15, -0.1) is 0 Å². The van der Waals surface area contributed by atoms with E-state index in [4.69, 9.17) is 10.2 Å². The molecule has 120 valence electrons. The molecule has 0 heterocycles. The van der Waals surface area contributed by atoms with Crippen molar-refractivity contribution in [2.24, 2.45) is 11.8 Å². The molecule has 0 saturated heterocycles. The summed E-state index contributed by atoms with van der Waals surface area (Å²) in [6.07, 6.45) is 8.83. The van der Waals surface area contributed by atoms with Gasteiger partial charge in [0, 0.05) is 0 Å². The molecular formula is C18H24O4. The van der Waals surface area contributed by atoms with E-state index in [2.05, 4.69) is 26.0 Å². The van der Waals surface area contributed by atoms with Gasteiger partial charge in [0.2, 0.25) is 0 Å². The number of hydrogen-bond donors (Lipinski definition) is 2. The molecular weight excluding hydrogens is 280 g/mol. The number of aromatic carboxylic acids is 2. The van der Waals surface area contributed by atoms with Crippen LogP contribution in [0.4, 0.5) is 0 Å². The molecule has 1 aromatic carbocycles. The maximum absolute atomic E-state index is 10.6. The molecule has 22 heavy (non-hydrogen) atoms. The minimum Gasteiger partial charge on any atom is -0.478 e. The fraction of sp³-hybridized carbons (Fsp3) is 0.444. The molecule has 0 radical (unpaired) electrons. The van der Waals surface area contributed by atoms with Gasteiger partial charge in [-0.25, -0.2) is 9.59 Å². The molecule has 4 nitrogen and oxygen atoms in total. The number of carboxylic acids is 2. The fourth-order valence-corrected chi connectivity index (χ4v) is 2.38. The predicted octanol–water partition coefficient (Wildman–Crippen LogP) is 4.39. The Balaban J connectivity index is 0.000000235. The van der Waals surface area contributed by atoms with E-state index in [9.17, 15) is 9.59 Å². The summed E-state index contributed by atoms with van der Waals surface area (Å²) in [5.74, 6) is -0.511. The summed E-state index contributed by atoms with van der Waals surface area (Å²) >= 11 is 0. The standard InChI is InChI=1S/C9H8O4.C9H16/c1-5-2-3-6(8(10)11)4-7(5)9(12)13;1-8(2)9-6-4-3-5-7-9/h2-4H,1H3,(H,10,11)(H,12,13);4,6,8-9H,3,5,7H2,1-2H3. The summed E-state index contributed by atoms with van der Waals surface area (Å²) in [5, 5.41) is 17.3. The van der Waals surface area contributed by atoms with Gasteiger partial charge in [0.15, 0.2) is 0 Å². The zero-order chi connectivity index (χ0) is 16.7. The third-order valence-corrected chi connectivity index (χ3v) is 3.86. The molecule has 0 aliphatic heterocycles. The quantitative estimate of drug-likeness (QED) is 0.812. The van der Waals surface area contributed by atoms with Crippen LogP contribution in [0.25, 0.3) is 0 Å². The lowest BCUT2D eigenvalue weighted by molar-refractivity contribution is 0.0695. The Hall–Kier alpha value is -2.10. The second kappa shape index (κ2) is 8.37. The van der Waals surface area contributed by atoms with Gasteiger partial charge in [-0.2, -0.15) is 0 Å². The van der Waals surface area contributed by atoms with Gasteiger partial charge in [0.25, 0.3) is 0 Å². The molecule has 1 aliphatic rings. The van der Waals surface area contributed by atoms with Crippen LogP contribution in [0.15, 0.2) is 30.4 Å². The lowest BCUT2D eigenvalue weighted by atomic mass is 9.87. The van der Waals surface area contributed by atoms with E-state index in [-0.39, 0.29) is 11.1 Å². The Kier molecular flexibility index (Phi) is 6.83. The summed E-state index contributed by atoms with van der Waals surface area (Å²) in [6, 6.07) is 4.01. The van der Waals surface area contributed by atoms with Crippen LogP contribution < -0.4 is 0 Å². The van der Waals surface area contributed by atoms with Gasteiger partial charge < -0.3 is 10.2 Å². The third-order valence-electron chi connectivity index (χ3n) is 3.86. The Labute approximate surface area is 131 Å². The number of aryl methyl sites for hydroxylation is 1. The van der Waals surface area contributed by atoms with Gasteiger partial charge in [-0.1, -0.05) is 32.1 Å². The summed E-state index contributed by atoms with van der Waals surface area (Å²) in [4.78, 5) is 21.1. The first-order chi connectivity index (χ1) is 10.3. The normalized spacial score (nSPS) is 16.8. The Morgan fingerprint density at radius 3 is 2.27 bits per heavy atom. The first kappa shape index (κ1) is 18.0. The van der Waals surface area contributed by atoms with Crippen molar-refractivity contribution < 1.29 is 19.8 Å². The topological polar surface area (TPSA) is 74.6 Å². The number of carbonyl (C=O) groups is 2. The SMILES string of the molecule is CC(C)C1C=CCCC1.Cc1ccc(C(=O)O)cc1C(=O)O. The molecule has 2 rings (SSSR count). The monoisotopic (exact) mass is 304 g/mol. The average Bonchev–Trinajstić information content (AvgIpc) is 2.48. The molecule has 0 saturated carbocycles. The Morgan fingerprint density at radius 1 is 1.18 bits per heavy atom. The van der Waals surface area contributed by atoms with Gasteiger partial charge >= 0.3 is 11.9 Å².